The molecule has 0 fully saturated rings. The van der Waals surface area contributed by atoms with Gasteiger partial charge in [-0.3, -0.25) is 0 Å². The van der Waals surface area contributed by atoms with Crippen LogP contribution in [0.5, 0.6) is 0 Å². The van der Waals surface area contributed by atoms with Crippen LogP contribution in [0.2, 0.25) is 0 Å². The predicted molar refractivity (Wildman–Crippen MR) is 74.2 cm³/mol. The number of carbonyl (C=O) groups is 1. The minimum absolute atomic E-state index is 0.254. The lowest BCUT2D eigenvalue weighted by Crippen LogP contribution is -1.99. The van der Waals surface area contributed by atoms with Crippen molar-refractivity contribution in [3.05, 3.63) is 45.7 Å². The molecule has 100 valence electrons. The third kappa shape index (κ3) is 3.54. The summed E-state index contributed by atoms with van der Waals surface area (Å²) >= 11 is 2.80. The third-order valence-electron chi connectivity index (χ3n) is 2.37. The van der Waals surface area contributed by atoms with Crippen molar-refractivity contribution in [3.63, 3.8) is 0 Å². The van der Waals surface area contributed by atoms with Gasteiger partial charge >= 0.3 is 5.97 Å². The quantitative estimate of drug-likeness (QED) is 0.637. The van der Waals surface area contributed by atoms with E-state index in [2.05, 4.69) is 9.72 Å². The normalized spacial score (nSPS) is 10.5. The number of hydrogen-bond acceptors (Lipinski definition) is 5. The lowest BCUT2D eigenvalue weighted by Gasteiger charge is -1.98. The Morgan fingerprint density at radius 1 is 1.53 bits per heavy atom. The SMILES string of the molecule is COC(=O)c1sc(CSc2cccc(F)c2)nc1C. The number of thioether (sulfide) groups is 1. The zero-order valence-corrected chi connectivity index (χ0v) is 12.1. The van der Waals surface area contributed by atoms with Crippen molar-refractivity contribution in [2.24, 2.45) is 0 Å². The van der Waals surface area contributed by atoms with Crippen LogP contribution in [0.1, 0.15) is 20.4 Å². The van der Waals surface area contributed by atoms with Crippen molar-refractivity contribution in [2.75, 3.05) is 7.11 Å². The van der Waals surface area contributed by atoms with Crippen LogP contribution in [0, 0.1) is 12.7 Å². The van der Waals surface area contributed by atoms with E-state index in [9.17, 15) is 9.18 Å². The molecule has 0 aliphatic carbocycles. The highest BCUT2D eigenvalue weighted by Crippen LogP contribution is 2.27. The average molecular weight is 297 g/mol. The average Bonchev–Trinajstić information content (AvgIpc) is 2.77. The number of hydrogen-bond donors (Lipinski definition) is 0. The van der Waals surface area contributed by atoms with Gasteiger partial charge < -0.3 is 4.74 Å². The predicted octanol–water partition coefficient (Wildman–Crippen LogP) is 3.67. The van der Waals surface area contributed by atoms with Gasteiger partial charge in [-0.25, -0.2) is 14.2 Å². The second kappa shape index (κ2) is 6.16. The summed E-state index contributed by atoms with van der Waals surface area (Å²) in [5, 5.41) is 0.826. The number of nitrogens with zero attached hydrogens (tertiary/aromatic N) is 1. The maximum absolute atomic E-state index is 13.0. The number of esters is 1. The maximum atomic E-state index is 13.0. The Balaban J connectivity index is 2.06. The fraction of sp³-hybridized carbons (Fsp3) is 0.231. The van der Waals surface area contributed by atoms with Gasteiger partial charge in [0.05, 0.1) is 18.6 Å². The van der Waals surface area contributed by atoms with Crippen LogP contribution < -0.4 is 0 Å². The minimum Gasteiger partial charge on any atom is -0.465 e. The summed E-state index contributed by atoms with van der Waals surface area (Å²) in [6, 6.07) is 6.40. The van der Waals surface area contributed by atoms with Gasteiger partial charge in [0.1, 0.15) is 15.7 Å². The van der Waals surface area contributed by atoms with E-state index in [1.165, 1.54) is 42.3 Å². The van der Waals surface area contributed by atoms with Gasteiger partial charge in [-0.2, -0.15) is 0 Å². The van der Waals surface area contributed by atoms with Crippen molar-refractivity contribution in [2.45, 2.75) is 17.6 Å². The van der Waals surface area contributed by atoms with Crippen molar-refractivity contribution < 1.29 is 13.9 Å². The third-order valence-corrected chi connectivity index (χ3v) is 4.70. The van der Waals surface area contributed by atoms with Gasteiger partial charge in [-0.1, -0.05) is 6.07 Å². The molecule has 0 atom stereocenters. The molecule has 0 saturated heterocycles. The number of halogens is 1. The Hall–Kier alpha value is -1.40. The molecule has 3 nitrogen and oxygen atoms in total. The highest BCUT2D eigenvalue weighted by Gasteiger charge is 2.15. The van der Waals surface area contributed by atoms with Gasteiger partial charge in [0.25, 0.3) is 0 Å². The Kier molecular flexibility index (Phi) is 4.55. The lowest BCUT2D eigenvalue weighted by atomic mass is 10.4. The van der Waals surface area contributed by atoms with Gasteiger partial charge in [-0.05, 0) is 25.1 Å². The number of rotatable bonds is 4. The van der Waals surface area contributed by atoms with E-state index in [-0.39, 0.29) is 11.8 Å². The Morgan fingerprint density at radius 3 is 3.00 bits per heavy atom. The summed E-state index contributed by atoms with van der Waals surface area (Å²) in [7, 11) is 1.35. The Morgan fingerprint density at radius 2 is 2.32 bits per heavy atom. The molecule has 2 aromatic rings. The molecule has 1 heterocycles. The number of methoxy groups -OCH3 is 1. The van der Waals surface area contributed by atoms with Gasteiger partial charge in [0, 0.05) is 4.90 Å². The highest BCUT2D eigenvalue weighted by atomic mass is 32.2. The maximum Gasteiger partial charge on any atom is 0.349 e. The van der Waals surface area contributed by atoms with Gasteiger partial charge in [-0.15, -0.1) is 23.1 Å². The lowest BCUT2D eigenvalue weighted by molar-refractivity contribution is 0.0605. The molecule has 2 rings (SSSR count). The summed E-state index contributed by atoms with van der Waals surface area (Å²) in [4.78, 5) is 17.1. The molecule has 0 aliphatic rings. The van der Waals surface area contributed by atoms with Crippen LogP contribution in [-0.4, -0.2) is 18.1 Å². The fourth-order valence-corrected chi connectivity index (χ4v) is 3.41. The standard InChI is InChI=1S/C13H12FNO2S2/c1-8-12(13(16)17-2)19-11(15-8)7-18-10-5-3-4-9(14)6-10/h3-6H,7H2,1-2H3. The molecular weight excluding hydrogens is 285 g/mol. The first kappa shape index (κ1) is 14.0. The van der Waals surface area contributed by atoms with E-state index in [0.29, 0.717) is 16.3 Å². The molecule has 0 amide bonds. The number of ether oxygens (including phenoxy) is 1. The Labute approximate surface area is 118 Å². The number of aromatic nitrogens is 1. The van der Waals surface area contributed by atoms with E-state index in [4.69, 9.17) is 0 Å². The summed E-state index contributed by atoms with van der Waals surface area (Å²) in [5.74, 6) is -0.0149. The van der Waals surface area contributed by atoms with Crippen LogP contribution >= 0.6 is 23.1 Å². The molecule has 0 saturated carbocycles. The monoisotopic (exact) mass is 297 g/mol. The first-order chi connectivity index (χ1) is 9.10. The first-order valence-corrected chi connectivity index (χ1v) is 7.33. The minimum atomic E-state index is -0.364. The summed E-state index contributed by atoms with van der Waals surface area (Å²) in [6.45, 7) is 1.78. The molecule has 0 unspecified atom stereocenters. The van der Waals surface area contributed by atoms with Gasteiger partial charge in [0.15, 0.2) is 0 Å². The topological polar surface area (TPSA) is 39.2 Å². The second-order valence-electron chi connectivity index (χ2n) is 3.76. The first-order valence-electron chi connectivity index (χ1n) is 5.53. The van der Waals surface area contributed by atoms with E-state index in [1.54, 1.807) is 13.0 Å². The van der Waals surface area contributed by atoms with Crippen LogP contribution in [0.25, 0.3) is 0 Å². The molecule has 0 bridgehead atoms. The molecular formula is C13H12FNO2S2. The van der Waals surface area contributed by atoms with E-state index in [0.717, 1.165) is 9.90 Å². The molecule has 1 aromatic carbocycles. The molecule has 0 spiro atoms. The number of benzene rings is 1. The molecule has 0 N–H and O–H groups in total. The summed E-state index contributed by atoms with van der Waals surface area (Å²) in [5.41, 5.74) is 0.673. The van der Waals surface area contributed by atoms with Crippen LogP contribution in [0.3, 0.4) is 0 Å². The molecule has 0 aliphatic heterocycles. The summed E-state index contributed by atoms with van der Waals surface area (Å²) in [6.07, 6.45) is 0. The zero-order chi connectivity index (χ0) is 13.8. The molecule has 6 heteroatoms. The summed E-state index contributed by atoms with van der Waals surface area (Å²) < 4.78 is 17.7. The number of carbonyl (C=O) groups excluding carboxylic acids is 1. The van der Waals surface area contributed by atoms with Crippen LogP contribution in [0.15, 0.2) is 29.2 Å². The number of aryl methyl sites for hydroxylation is 1. The Bertz CT molecular complexity index is 598. The smallest absolute Gasteiger partial charge is 0.349 e. The van der Waals surface area contributed by atoms with Crippen LogP contribution in [0.4, 0.5) is 4.39 Å². The van der Waals surface area contributed by atoms with Crippen molar-refractivity contribution in [3.8, 4) is 0 Å². The van der Waals surface area contributed by atoms with Crippen molar-refractivity contribution in [1.82, 2.24) is 4.98 Å². The highest BCUT2D eigenvalue weighted by molar-refractivity contribution is 7.98. The zero-order valence-electron chi connectivity index (χ0n) is 10.5. The van der Waals surface area contributed by atoms with Crippen molar-refractivity contribution in [1.29, 1.82) is 0 Å². The molecule has 19 heavy (non-hydrogen) atoms. The van der Waals surface area contributed by atoms with Crippen molar-refractivity contribution >= 4 is 29.1 Å². The molecule has 0 radical (unpaired) electrons. The van der Waals surface area contributed by atoms with Gasteiger partial charge in [0.2, 0.25) is 0 Å². The number of thiazole rings is 1. The van der Waals surface area contributed by atoms with E-state index >= 15 is 0 Å². The van der Waals surface area contributed by atoms with Crippen LogP contribution in [-0.2, 0) is 10.5 Å². The largest absolute Gasteiger partial charge is 0.465 e. The molecule has 1 aromatic heterocycles. The fourth-order valence-electron chi connectivity index (χ4n) is 1.50. The van der Waals surface area contributed by atoms with E-state index < -0.39 is 0 Å². The second-order valence-corrected chi connectivity index (χ2v) is 5.89. The van der Waals surface area contributed by atoms with E-state index in [1.807, 2.05) is 6.07 Å².